The molecule has 0 fully saturated rings. The van der Waals surface area contributed by atoms with Crippen molar-refractivity contribution in [2.45, 2.75) is 19.3 Å². The van der Waals surface area contributed by atoms with Crippen molar-refractivity contribution in [2.75, 3.05) is 11.4 Å². The average Bonchev–Trinajstić information content (AvgIpc) is 3.04. The molecule has 120 valence electrons. The zero-order chi connectivity index (χ0) is 16.7. The summed E-state index contributed by atoms with van der Waals surface area (Å²) < 4.78 is 0. The van der Waals surface area contributed by atoms with E-state index < -0.39 is 5.97 Å². The second-order valence-corrected chi connectivity index (χ2v) is 6.06. The van der Waals surface area contributed by atoms with Gasteiger partial charge in [0.25, 0.3) is 5.91 Å². The van der Waals surface area contributed by atoms with E-state index in [1.165, 1.54) is 17.8 Å². The lowest BCUT2D eigenvalue weighted by Crippen LogP contribution is -2.36. The van der Waals surface area contributed by atoms with E-state index in [0.717, 1.165) is 18.5 Å². The van der Waals surface area contributed by atoms with Crippen LogP contribution >= 0.6 is 0 Å². The Morgan fingerprint density at radius 2 is 2.00 bits per heavy atom. The molecule has 0 unspecified atom stereocenters. The number of hydrogen-bond acceptors (Lipinski definition) is 3. The molecule has 0 saturated carbocycles. The number of aromatic carboxylic acids is 1. The van der Waals surface area contributed by atoms with Gasteiger partial charge in [0.1, 0.15) is 0 Å². The molecule has 24 heavy (non-hydrogen) atoms. The second kappa shape index (κ2) is 5.60. The average molecular weight is 320 g/mol. The van der Waals surface area contributed by atoms with Gasteiger partial charge in [-0.15, -0.1) is 0 Å². The minimum Gasteiger partial charge on any atom is -0.478 e. The van der Waals surface area contributed by atoms with E-state index in [2.05, 4.69) is 11.1 Å². The summed E-state index contributed by atoms with van der Waals surface area (Å²) in [5, 5.41) is 9.31. The van der Waals surface area contributed by atoms with Gasteiger partial charge in [-0.1, -0.05) is 18.2 Å². The van der Waals surface area contributed by atoms with Crippen LogP contribution in [0.25, 0.3) is 6.08 Å². The van der Waals surface area contributed by atoms with Crippen molar-refractivity contribution >= 4 is 23.6 Å². The van der Waals surface area contributed by atoms with Crippen LogP contribution in [-0.2, 0) is 17.6 Å². The van der Waals surface area contributed by atoms with E-state index in [-0.39, 0.29) is 11.5 Å². The minimum absolute atomic E-state index is 0.0588. The molecule has 5 nitrogen and oxygen atoms in total. The van der Waals surface area contributed by atoms with Gasteiger partial charge in [-0.25, -0.2) is 4.79 Å². The summed E-state index contributed by atoms with van der Waals surface area (Å²) in [5.41, 5.74) is 4.16. The summed E-state index contributed by atoms with van der Waals surface area (Å²) in [5.74, 6) is -1.05. The second-order valence-electron chi connectivity index (χ2n) is 6.06. The summed E-state index contributed by atoms with van der Waals surface area (Å²) in [6.07, 6.45) is 5.43. The topological polar surface area (TPSA) is 70.5 Å². The summed E-state index contributed by atoms with van der Waals surface area (Å²) in [4.78, 5) is 30.4. The predicted molar refractivity (Wildman–Crippen MR) is 90.0 cm³/mol. The Hall–Kier alpha value is -2.95. The molecule has 1 aromatic heterocycles. The Morgan fingerprint density at radius 3 is 2.83 bits per heavy atom. The third kappa shape index (κ3) is 2.29. The molecule has 2 aromatic rings. The molecule has 0 spiro atoms. The van der Waals surface area contributed by atoms with Crippen molar-refractivity contribution in [1.29, 1.82) is 0 Å². The number of carbonyl (C=O) groups excluding carboxylic acids is 1. The molecule has 0 atom stereocenters. The van der Waals surface area contributed by atoms with Gasteiger partial charge in [-0.3, -0.25) is 9.78 Å². The number of nitrogens with zero attached hydrogens (tertiary/aromatic N) is 2. The van der Waals surface area contributed by atoms with E-state index >= 15 is 0 Å². The fourth-order valence-corrected chi connectivity index (χ4v) is 3.48. The van der Waals surface area contributed by atoms with Gasteiger partial charge in [-0.2, -0.15) is 0 Å². The summed E-state index contributed by atoms with van der Waals surface area (Å²) in [7, 11) is 0. The molecule has 1 aliphatic heterocycles. The number of para-hydroxylation sites is 1. The summed E-state index contributed by atoms with van der Waals surface area (Å²) in [6.45, 7) is 0.683. The first-order valence-electron chi connectivity index (χ1n) is 7.96. The van der Waals surface area contributed by atoms with Crippen molar-refractivity contribution in [2.24, 2.45) is 0 Å². The molecule has 1 aliphatic carbocycles. The zero-order valence-electron chi connectivity index (χ0n) is 13.0. The third-order valence-electron chi connectivity index (χ3n) is 4.63. The predicted octanol–water partition coefficient (Wildman–Crippen LogP) is 2.70. The van der Waals surface area contributed by atoms with Crippen LogP contribution in [0.2, 0.25) is 0 Å². The molecular formula is C19H16N2O3. The molecular weight excluding hydrogens is 304 g/mol. The van der Waals surface area contributed by atoms with Crippen LogP contribution in [0.1, 0.15) is 33.6 Å². The maximum absolute atomic E-state index is 13.0. The van der Waals surface area contributed by atoms with E-state index in [1.54, 1.807) is 11.0 Å². The highest BCUT2D eigenvalue weighted by Gasteiger charge is 2.29. The van der Waals surface area contributed by atoms with E-state index in [1.807, 2.05) is 18.2 Å². The lowest BCUT2D eigenvalue weighted by atomic mass is 10.00. The monoisotopic (exact) mass is 320 g/mol. The minimum atomic E-state index is -0.987. The molecule has 1 amide bonds. The first kappa shape index (κ1) is 14.6. The van der Waals surface area contributed by atoms with Crippen LogP contribution in [0.4, 0.5) is 5.69 Å². The smallest absolute Gasteiger partial charge is 0.336 e. The number of carboxylic acids is 1. The summed E-state index contributed by atoms with van der Waals surface area (Å²) in [6, 6.07) is 9.43. The van der Waals surface area contributed by atoms with Gasteiger partial charge >= 0.3 is 5.97 Å². The SMILES string of the molecule is O=C(O)c1ccnc2c1CC(C(=O)N1CCCc3ccccc31)=C2. The van der Waals surface area contributed by atoms with Crippen LogP contribution < -0.4 is 4.90 Å². The largest absolute Gasteiger partial charge is 0.478 e. The molecule has 4 rings (SSSR count). The Bertz CT molecular complexity index is 886. The quantitative estimate of drug-likeness (QED) is 0.923. The number of hydrogen-bond donors (Lipinski definition) is 1. The molecule has 2 aliphatic rings. The van der Waals surface area contributed by atoms with E-state index in [0.29, 0.717) is 29.8 Å². The molecule has 5 heteroatoms. The first-order valence-corrected chi connectivity index (χ1v) is 7.96. The lowest BCUT2D eigenvalue weighted by molar-refractivity contribution is -0.115. The van der Waals surface area contributed by atoms with Gasteiger partial charge in [0, 0.05) is 30.4 Å². The molecule has 0 bridgehead atoms. The normalized spacial score (nSPS) is 15.5. The van der Waals surface area contributed by atoms with Crippen molar-refractivity contribution in [3.63, 3.8) is 0 Å². The fraction of sp³-hybridized carbons (Fsp3) is 0.211. The molecule has 0 saturated heterocycles. The van der Waals surface area contributed by atoms with Crippen molar-refractivity contribution in [3.05, 3.63) is 64.5 Å². The van der Waals surface area contributed by atoms with E-state index in [4.69, 9.17) is 0 Å². The number of amides is 1. The van der Waals surface area contributed by atoms with Gasteiger partial charge in [0.15, 0.2) is 0 Å². The highest BCUT2D eigenvalue weighted by molar-refractivity contribution is 6.10. The maximum Gasteiger partial charge on any atom is 0.336 e. The Balaban J connectivity index is 1.66. The van der Waals surface area contributed by atoms with Crippen LogP contribution in [0, 0.1) is 0 Å². The Morgan fingerprint density at radius 1 is 1.17 bits per heavy atom. The number of benzene rings is 1. The van der Waals surface area contributed by atoms with Crippen LogP contribution in [-0.4, -0.2) is 28.5 Å². The molecule has 0 radical (unpaired) electrons. The third-order valence-corrected chi connectivity index (χ3v) is 4.63. The van der Waals surface area contributed by atoms with Crippen LogP contribution in [0.15, 0.2) is 42.1 Å². The number of fused-ring (bicyclic) bond motifs is 2. The number of carboxylic acid groups (broad SMARTS) is 1. The Labute approximate surface area is 139 Å². The Kier molecular flexibility index (Phi) is 3.41. The van der Waals surface area contributed by atoms with Gasteiger partial charge in [0.2, 0.25) is 0 Å². The summed E-state index contributed by atoms with van der Waals surface area (Å²) >= 11 is 0. The highest BCUT2D eigenvalue weighted by atomic mass is 16.4. The number of carbonyl (C=O) groups is 2. The number of aromatic nitrogens is 1. The van der Waals surface area contributed by atoms with Crippen molar-refractivity contribution in [1.82, 2.24) is 4.98 Å². The standard InChI is InChI=1S/C19H16N2O3/c22-18(21-9-3-5-12-4-1-2-6-17(12)21)13-10-15-14(19(23)24)7-8-20-16(15)11-13/h1-2,4,6-8,11H,3,5,9-10H2,(H,23,24). The van der Waals surface area contributed by atoms with E-state index in [9.17, 15) is 14.7 Å². The number of anilines is 1. The van der Waals surface area contributed by atoms with Crippen molar-refractivity contribution < 1.29 is 14.7 Å². The van der Waals surface area contributed by atoms with Crippen LogP contribution in [0.3, 0.4) is 0 Å². The molecule has 2 heterocycles. The number of rotatable bonds is 2. The maximum atomic E-state index is 13.0. The fourth-order valence-electron chi connectivity index (χ4n) is 3.48. The van der Waals surface area contributed by atoms with Crippen molar-refractivity contribution in [3.8, 4) is 0 Å². The highest BCUT2D eigenvalue weighted by Crippen LogP contribution is 2.32. The zero-order valence-corrected chi connectivity index (χ0v) is 13.0. The molecule has 1 aromatic carbocycles. The first-order chi connectivity index (χ1) is 11.6. The van der Waals surface area contributed by atoms with Crippen LogP contribution in [0.5, 0.6) is 0 Å². The number of pyridine rings is 1. The number of aryl methyl sites for hydroxylation is 1. The molecule has 1 N–H and O–H groups in total. The van der Waals surface area contributed by atoms with Gasteiger partial charge < -0.3 is 10.0 Å². The lowest BCUT2D eigenvalue weighted by Gasteiger charge is -2.29. The van der Waals surface area contributed by atoms with Gasteiger partial charge in [0.05, 0.1) is 11.3 Å². The van der Waals surface area contributed by atoms with Gasteiger partial charge in [-0.05, 0) is 42.2 Å².